The zero-order valence-corrected chi connectivity index (χ0v) is 18.1. The smallest absolute Gasteiger partial charge is 0.224 e. The van der Waals surface area contributed by atoms with Gasteiger partial charge in [0.05, 0.1) is 18.2 Å². The molecule has 1 atom stereocenters. The van der Waals surface area contributed by atoms with Crippen LogP contribution in [0.15, 0.2) is 24.4 Å². The summed E-state index contributed by atoms with van der Waals surface area (Å²) in [5, 5.41) is 3.07. The van der Waals surface area contributed by atoms with E-state index in [0.717, 1.165) is 64.0 Å². The van der Waals surface area contributed by atoms with Crippen LogP contribution in [0.2, 0.25) is 0 Å². The van der Waals surface area contributed by atoms with Crippen molar-refractivity contribution in [3.05, 3.63) is 30.1 Å². The van der Waals surface area contributed by atoms with Crippen molar-refractivity contribution in [2.24, 2.45) is 11.8 Å². The number of hydrogen-bond acceptors (Lipinski definition) is 4. The van der Waals surface area contributed by atoms with E-state index < -0.39 is 0 Å². The Hall–Kier alpha value is -1.95. The highest BCUT2D eigenvalue weighted by Gasteiger charge is 2.33. The van der Waals surface area contributed by atoms with Crippen molar-refractivity contribution in [3.63, 3.8) is 0 Å². The first-order chi connectivity index (χ1) is 14.7. The van der Waals surface area contributed by atoms with Gasteiger partial charge in [-0.05, 0) is 63.1 Å². The largest absolute Gasteiger partial charge is 0.350 e. The lowest BCUT2D eigenvalue weighted by Crippen LogP contribution is -2.51. The van der Waals surface area contributed by atoms with Crippen LogP contribution in [0.1, 0.15) is 63.5 Å². The summed E-state index contributed by atoms with van der Waals surface area (Å²) >= 11 is 0. The Kier molecular flexibility index (Phi) is 7.37. The molecule has 3 heterocycles. The molecule has 30 heavy (non-hydrogen) atoms. The molecule has 1 aromatic heterocycles. The summed E-state index contributed by atoms with van der Waals surface area (Å²) in [5.41, 5.74) is 0.896. The summed E-state index contributed by atoms with van der Waals surface area (Å²) in [6, 6.07) is 6.28. The van der Waals surface area contributed by atoms with Crippen molar-refractivity contribution in [1.29, 1.82) is 0 Å². The first kappa shape index (κ1) is 21.3. The molecule has 164 valence electrons. The minimum Gasteiger partial charge on any atom is -0.350 e. The van der Waals surface area contributed by atoms with E-state index >= 15 is 0 Å². The van der Waals surface area contributed by atoms with Crippen molar-refractivity contribution in [3.8, 4) is 0 Å². The van der Waals surface area contributed by atoms with Crippen LogP contribution in [0.4, 0.5) is 0 Å². The third kappa shape index (κ3) is 5.60. The molecule has 0 unspecified atom stereocenters. The molecule has 2 saturated heterocycles. The van der Waals surface area contributed by atoms with Crippen molar-refractivity contribution in [1.82, 2.24) is 20.1 Å². The standard InChI is InChI=1S/C24H36N4O2/c29-23(16-19-6-1-2-7-19)27-14-10-22(11-15-27)28-13-5-8-20(18-28)24(30)26-17-21-9-3-4-12-25-21/h3-4,9,12,19-20,22H,1-2,5-8,10-11,13-18H2,(H,26,30)/t20-/m0/s1. The van der Waals surface area contributed by atoms with Crippen LogP contribution < -0.4 is 5.32 Å². The first-order valence-electron chi connectivity index (χ1n) is 11.9. The second kappa shape index (κ2) is 10.4. The maximum Gasteiger partial charge on any atom is 0.224 e. The Morgan fingerprint density at radius 1 is 1.00 bits per heavy atom. The molecule has 2 aliphatic heterocycles. The molecule has 4 rings (SSSR count). The predicted molar refractivity (Wildman–Crippen MR) is 117 cm³/mol. The van der Waals surface area contributed by atoms with Gasteiger partial charge in [-0.15, -0.1) is 0 Å². The molecular weight excluding hydrogens is 376 g/mol. The van der Waals surface area contributed by atoms with E-state index in [4.69, 9.17) is 0 Å². The topological polar surface area (TPSA) is 65.5 Å². The molecule has 1 aromatic rings. The molecular formula is C24H36N4O2. The molecule has 1 saturated carbocycles. The fourth-order valence-electron chi connectivity index (χ4n) is 5.45. The molecule has 2 amide bonds. The Morgan fingerprint density at radius 2 is 1.80 bits per heavy atom. The van der Waals surface area contributed by atoms with Crippen LogP contribution in [0.25, 0.3) is 0 Å². The number of pyridine rings is 1. The third-order valence-electron chi connectivity index (χ3n) is 7.27. The number of nitrogens with zero attached hydrogens (tertiary/aromatic N) is 3. The highest BCUT2D eigenvalue weighted by atomic mass is 16.2. The lowest BCUT2D eigenvalue weighted by Gasteiger charge is -2.42. The number of amides is 2. The summed E-state index contributed by atoms with van der Waals surface area (Å²) in [4.78, 5) is 34.2. The summed E-state index contributed by atoms with van der Waals surface area (Å²) in [7, 11) is 0. The highest BCUT2D eigenvalue weighted by molar-refractivity contribution is 5.79. The van der Waals surface area contributed by atoms with Gasteiger partial charge >= 0.3 is 0 Å². The molecule has 3 fully saturated rings. The molecule has 0 aromatic carbocycles. The maximum absolute atomic E-state index is 12.7. The molecule has 0 spiro atoms. The number of aromatic nitrogens is 1. The molecule has 0 bridgehead atoms. The van der Waals surface area contributed by atoms with Gasteiger partial charge < -0.3 is 10.2 Å². The Morgan fingerprint density at radius 3 is 2.53 bits per heavy atom. The SMILES string of the molecule is O=C(NCc1ccccn1)[C@H]1CCCN(C2CCN(C(=O)CC3CCCC3)CC2)C1. The van der Waals surface area contributed by atoms with E-state index in [1.54, 1.807) is 6.20 Å². The summed E-state index contributed by atoms with van der Waals surface area (Å²) in [5.74, 6) is 1.20. The van der Waals surface area contributed by atoms with Crippen molar-refractivity contribution < 1.29 is 9.59 Å². The maximum atomic E-state index is 12.7. The number of hydrogen-bond donors (Lipinski definition) is 1. The van der Waals surface area contributed by atoms with Crippen LogP contribution in [-0.4, -0.2) is 58.8 Å². The minimum atomic E-state index is 0.0597. The molecule has 6 heteroatoms. The molecule has 3 aliphatic rings. The second-order valence-electron chi connectivity index (χ2n) is 9.34. The number of carbonyl (C=O) groups excluding carboxylic acids is 2. The Labute approximate surface area is 180 Å². The van der Waals surface area contributed by atoms with Gasteiger partial charge in [-0.25, -0.2) is 0 Å². The quantitative estimate of drug-likeness (QED) is 0.780. The van der Waals surface area contributed by atoms with Crippen molar-refractivity contribution >= 4 is 11.8 Å². The number of likely N-dealkylation sites (tertiary alicyclic amines) is 2. The van der Waals surface area contributed by atoms with E-state index in [1.165, 1.54) is 25.7 Å². The second-order valence-corrected chi connectivity index (χ2v) is 9.34. The molecule has 1 aliphatic carbocycles. The van der Waals surface area contributed by atoms with E-state index in [2.05, 4.69) is 20.1 Å². The van der Waals surface area contributed by atoms with Crippen LogP contribution in [0.3, 0.4) is 0 Å². The predicted octanol–water partition coefficient (Wildman–Crippen LogP) is 2.98. The van der Waals surface area contributed by atoms with E-state index in [9.17, 15) is 9.59 Å². The Balaban J connectivity index is 1.21. The van der Waals surface area contributed by atoms with Gasteiger partial charge in [0.2, 0.25) is 11.8 Å². The van der Waals surface area contributed by atoms with Crippen LogP contribution in [-0.2, 0) is 16.1 Å². The first-order valence-corrected chi connectivity index (χ1v) is 11.9. The van der Waals surface area contributed by atoms with Crippen LogP contribution in [0.5, 0.6) is 0 Å². The number of nitrogens with one attached hydrogen (secondary N) is 1. The molecule has 1 N–H and O–H groups in total. The number of rotatable bonds is 6. The summed E-state index contributed by atoms with van der Waals surface area (Å²) < 4.78 is 0. The fraction of sp³-hybridized carbons (Fsp3) is 0.708. The van der Waals surface area contributed by atoms with E-state index in [1.807, 2.05) is 18.2 Å². The monoisotopic (exact) mass is 412 g/mol. The van der Waals surface area contributed by atoms with Crippen molar-refractivity contribution in [2.45, 2.75) is 70.4 Å². The number of piperidine rings is 2. The molecule has 6 nitrogen and oxygen atoms in total. The van der Waals surface area contributed by atoms with Gasteiger partial charge in [0, 0.05) is 38.3 Å². The van der Waals surface area contributed by atoms with Crippen LogP contribution in [0, 0.1) is 11.8 Å². The minimum absolute atomic E-state index is 0.0597. The third-order valence-corrected chi connectivity index (χ3v) is 7.27. The highest BCUT2D eigenvalue weighted by Crippen LogP contribution is 2.29. The van der Waals surface area contributed by atoms with Crippen molar-refractivity contribution in [2.75, 3.05) is 26.2 Å². The van der Waals surface area contributed by atoms with Gasteiger partial charge in [0.1, 0.15) is 0 Å². The van der Waals surface area contributed by atoms with Gasteiger partial charge in [-0.1, -0.05) is 18.9 Å². The average molecular weight is 413 g/mol. The van der Waals surface area contributed by atoms with Gasteiger partial charge in [-0.3, -0.25) is 19.5 Å². The van der Waals surface area contributed by atoms with E-state index in [-0.39, 0.29) is 11.8 Å². The van der Waals surface area contributed by atoms with Crippen LogP contribution >= 0.6 is 0 Å². The lowest BCUT2D eigenvalue weighted by molar-refractivity contribution is -0.133. The zero-order valence-electron chi connectivity index (χ0n) is 18.1. The van der Waals surface area contributed by atoms with Gasteiger partial charge in [0.25, 0.3) is 0 Å². The molecule has 0 radical (unpaired) electrons. The van der Waals surface area contributed by atoms with E-state index in [0.29, 0.717) is 24.4 Å². The fourth-order valence-corrected chi connectivity index (χ4v) is 5.45. The number of carbonyl (C=O) groups is 2. The normalized spacial score (nSPS) is 24.1. The summed E-state index contributed by atoms with van der Waals surface area (Å²) in [6.07, 6.45) is 11.7. The zero-order chi connectivity index (χ0) is 20.8. The average Bonchev–Trinajstić information content (AvgIpc) is 3.31. The lowest BCUT2D eigenvalue weighted by atomic mass is 9.93. The van der Waals surface area contributed by atoms with Gasteiger partial charge in [0.15, 0.2) is 0 Å². The summed E-state index contributed by atoms with van der Waals surface area (Å²) in [6.45, 7) is 4.17. The Bertz CT molecular complexity index is 696. The van der Waals surface area contributed by atoms with Gasteiger partial charge in [-0.2, -0.15) is 0 Å².